The standard InChI is InChI=1S/C15H17ClF2N2O4S2/c16-11-5-10(3-4-13(11)24-15(17)18)26(22,23)20-8-25-7-12(20)14(21)19-6-9-1-2-9/h3-5,9,12,15H,1-2,6-8H2,(H,19,21). The third kappa shape index (κ3) is 4.41. The molecule has 144 valence electrons. The number of thioether (sulfide) groups is 1. The van der Waals surface area contributed by atoms with Crippen molar-refractivity contribution in [2.45, 2.75) is 30.4 Å². The topological polar surface area (TPSA) is 75.7 Å². The van der Waals surface area contributed by atoms with Gasteiger partial charge in [-0.25, -0.2) is 8.42 Å². The van der Waals surface area contributed by atoms with Crippen LogP contribution in [0.1, 0.15) is 12.8 Å². The summed E-state index contributed by atoms with van der Waals surface area (Å²) in [5, 5.41) is 2.55. The average Bonchev–Trinajstić information content (AvgIpc) is 3.26. The molecule has 1 N–H and O–H groups in total. The number of nitrogens with one attached hydrogen (secondary N) is 1. The van der Waals surface area contributed by atoms with E-state index in [2.05, 4.69) is 10.1 Å². The van der Waals surface area contributed by atoms with Gasteiger partial charge in [-0.15, -0.1) is 11.8 Å². The van der Waals surface area contributed by atoms with Gasteiger partial charge in [0.25, 0.3) is 0 Å². The van der Waals surface area contributed by atoms with Gasteiger partial charge in [0, 0.05) is 12.3 Å². The van der Waals surface area contributed by atoms with Crippen LogP contribution >= 0.6 is 23.4 Å². The number of halogens is 3. The van der Waals surface area contributed by atoms with Crippen molar-refractivity contribution in [3.63, 3.8) is 0 Å². The predicted octanol–water partition coefficient (Wildman–Crippen LogP) is 2.53. The van der Waals surface area contributed by atoms with E-state index in [-0.39, 0.29) is 27.5 Å². The molecule has 11 heteroatoms. The molecule has 1 aromatic carbocycles. The Morgan fingerprint density at radius 3 is 2.77 bits per heavy atom. The normalized spacial score (nSPS) is 21.2. The Labute approximate surface area is 159 Å². The number of sulfonamides is 1. The lowest BCUT2D eigenvalue weighted by Crippen LogP contribution is -2.47. The molecule has 26 heavy (non-hydrogen) atoms. The molecule has 1 heterocycles. The molecule has 3 rings (SSSR count). The van der Waals surface area contributed by atoms with Crippen LogP contribution in [0.3, 0.4) is 0 Å². The molecule has 0 radical (unpaired) electrons. The van der Waals surface area contributed by atoms with Crippen LogP contribution in [0.25, 0.3) is 0 Å². The van der Waals surface area contributed by atoms with Crippen molar-refractivity contribution < 1.29 is 26.7 Å². The molecule has 1 saturated carbocycles. The van der Waals surface area contributed by atoms with Crippen molar-refractivity contribution in [3.8, 4) is 5.75 Å². The summed E-state index contributed by atoms with van der Waals surface area (Å²) < 4.78 is 55.7. The summed E-state index contributed by atoms with van der Waals surface area (Å²) in [7, 11) is -4.00. The van der Waals surface area contributed by atoms with Gasteiger partial charge in [-0.1, -0.05) is 11.6 Å². The molecule has 1 unspecified atom stereocenters. The Hall–Kier alpha value is -1.10. The summed E-state index contributed by atoms with van der Waals surface area (Å²) in [6, 6.07) is 2.46. The lowest BCUT2D eigenvalue weighted by Gasteiger charge is -2.23. The smallest absolute Gasteiger partial charge is 0.387 e. The lowest BCUT2D eigenvalue weighted by atomic mass is 10.3. The Balaban J connectivity index is 1.77. The number of alkyl halides is 2. The summed E-state index contributed by atoms with van der Waals surface area (Å²) in [5.41, 5.74) is 0. The number of carbonyl (C=O) groups excluding carboxylic acids is 1. The molecule has 1 amide bonds. The molecule has 2 fully saturated rings. The van der Waals surface area contributed by atoms with Gasteiger partial charge in [0.2, 0.25) is 15.9 Å². The van der Waals surface area contributed by atoms with Gasteiger partial charge in [-0.3, -0.25) is 4.79 Å². The fraction of sp³-hybridized carbons (Fsp3) is 0.533. The number of hydrogen-bond acceptors (Lipinski definition) is 5. The van der Waals surface area contributed by atoms with Crippen molar-refractivity contribution in [3.05, 3.63) is 23.2 Å². The Kier molecular flexibility index (Phi) is 5.95. The molecule has 1 atom stereocenters. The van der Waals surface area contributed by atoms with Crippen LogP contribution in [-0.4, -0.2) is 49.5 Å². The van der Waals surface area contributed by atoms with Crippen LogP contribution in [0, 0.1) is 5.92 Å². The molecule has 1 aliphatic heterocycles. The van der Waals surface area contributed by atoms with E-state index >= 15 is 0 Å². The highest BCUT2D eigenvalue weighted by Gasteiger charge is 2.40. The minimum absolute atomic E-state index is 0.136. The lowest BCUT2D eigenvalue weighted by molar-refractivity contribution is -0.123. The molecule has 1 aliphatic carbocycles. The van der Waals surface area contributed by atoms with Crippen LogP contribution in [0.2, 0.25) is 5.02 Å². The summed E-state index contributed by atoms with van der Waals surface area (Å²) in [6.45, 7) is -2.51. The van der Waals surface area contributed by atoms with Gasteiger partial charge in [0.15, 0.2) is 0 Å². The second-order valence-corrected chi connectivity index (χ2v) is 9.36. The van der Waals surface area contributed by atoms with Gasteiger partial charge >= 0.3 is 6.61 Å². The summed E-state index contributed by atoms with van der Waals surface area (Å²) >= 11 is 7.19. The Morgan fingerprint density at radius 2 is 2.15 bits per heavy atom. The molecule has 0 spiro atoms. The van der Waals surface area contributed by atoms with Gasteiger partial charge in [-0.2, -0.15) is 13.1 Å². The predicted molar refractivity (Wildman–Crippen MR) is 94.0 cm³/mol. The fourth-order valence-electron chi connectivity index (χ4n) is 2.52. The third-order valence-electron chi connectivity index (χ3n) is 4.13. The zero-order valence-corrected chi connectivity index (χ0v) is 15.9. The van der Waals surface area contributed by atoms with Gasteiger partial charge in [-0.05, 0) is 37.0 Å². The second-order valence-electron chi connectivity index (χ2n) is 6.07. The van der Waals surface area contributed by atoms with E-state index < -0.39 is 22.7 Å². The summed E-state index contributed by atoms with van der Waals surface area (Å²) in [6.07, 6.45) is 2.15. The minimum atomic E-state index is -4.00. The summed E-state index contributed by atoms with van der Waals surface area (Å²) in [4.78, 5) is 12.2. The SMILES string of the molecule is O=C(NCC1CC1)C1CSCN1S(=O)(=O)c1ccc(OC(F)F)c(Cl)c1. The number of carbonyl (C=O) groups is 1. The van der Waals surface area contributed by atoms with E-state index in [0.717, 1.165) is 35.3 Å². The van der Waals surface area contributed by atoms with E-state index in [1.54, 1.807) is 0 Å². The highest BCUT2D eigenvalue weighted by Crippen LogP contribution is 2.33. The van der Waals surface area contributed by atoms with Crippen molar-refractivity contribution in [2.75, 3.05) is 18.2 Å². The van der Waals surface area contributed by atoms with Crippen LogP contribution in [-0.2, 0) is 14.8 Å². The number of ether oxygens (including phenoxy) is 1. The number of amides is 1. The first-order valence-electron chi connectivity index (χ1n) is 7.90. The van der Waals surface area contributed by atoms with Crippen molar-refractivity contribution in [1.82, 2.24) is 9.62 Å². The minimum Gasteiger partial charge on any atom is -0.433 e. The maximum Gasteiger partial charge on any atom is 0.387 e. The zero-order valence-electron chi connectivity index (χ0n) is 13.5. The van der Waals surface area contributed by atoms with Crippen LogP contribution in [0.15, 0.2) is 23.1 Å². The molecule has 0 aromatic heterocycles. The first kappa shape index (κ1) is 19.7. The van der Waals surface area contributed by atoms with Crippen LogP contribution in [0.5, 0.6) is 5.75 Å². The van der Waals surface area contributed by atoms with Crippen LogP contribution < -0.4 is 10.1 Å². The molecule has 2 aliphatic rings. The number of rotatable bonds is 7. The Bertz CT molecular complexity index is 790. The maximum absolute atomic E-state index is 12.9. The molecule has 6 nitrogen and oxygen atoms in total. The largest absolute Gasteiger partial charge is 0.433 e. The van der Waals surface area contributed by atoms with Gasteiger partial charge in [0.05, 0.1) is 15.8 Å². The maximum atomic E-state index is 12.9. The quantitative estimate of drug-likeness (QED) is 0.725. The van der Waals surface area contributed by atoms with Crippen LogP contribution in [0.4, 0.5) is 8.78 Å². The fourth-order valence-corrected chi connectivity index (χ4v) is 5.99. The first-order valence-corrected chi connectivity index (χ1v) is 10.9. The van der Waals surface area contributed by atoms with Gasteiger partial charge < -0.3 is 10.1 Å². The average molecular weight is 427 g/mol. The summed E-state index contributed by atoms with van der Waals surface area (Å²) in [5.74, 6) is 0.343. The van der Waals surface area contributed by atoms with Crippen molar-refractivity contribution in [1.29, 1.82) is 0 Å². The number of hydrogen-bond donors (Lipinski definition) is 1. The van der Waals surface area contributed by atoms with E-state index in [0.29, 0.717) is 18.2 Å². The highest BCUT2D eigenvalue weighted by molar-refractivity contribution is 8.00. The van der Waals surface area contributed by atoms with Gasteiger partial charge in [0.1, 0.15) is 11.8 Å². The van der Waals surface area contributed by atoms with E-state index in [4.69, 9.17) is 11.6 Å². The number of benzene rings is 1. The molecule has 0 bridgehead atoms. The third-order valence-corrected chi connectivity index (χ3v) is 7.45. The van der Waals surface area contributed by atoms with Crippen molar-refractivity contribution >= 4 is 39.3 Å². The molecule has 1 saturated heterocycles. The highest BCUT2D eigenvalue weighted by atomic mass is 35.5. The Morgan fingerprint density at radius 1 is 1.42 bits per heavy atom. The molecular formula is C15H17ClF2N2O4S2. The monoisotopic (exact) mass is 426 g/mol. The first-order chi connectivity index (χ1) is 12.3. The van der Waals surface area contributed by atoms with E-state index in [1.165, 1.54) is 11.8 Å². The molecular weight excluding hydrogens is 410 g/mol. The zero-order chi connectivity index (χ0) is 18.9. The van der Waals surface area contributed by atoms with E-state index in [1.807, 2.05) is 0 Å². The van der Waals surface area contributed by atoms with E-state index in [9.17, 15) is 22.0 Å². The second kappa shape index (κ2) is 7.87. The van der Waals surface area contributed by atoms with Crippen molar-refractivity contribution in [2.24, 2.45) is 5.92 Å². The molecule has 1 aromatic rings. The number of nitrogens with zero attached hydrogens (tertiary/aromatic N) is 1.